The Kier molecular flexibility index (Phi) is 4.80. The third-order valence-electron chi connectivity index (χ3n) is 3.17. The lowest BCUT2D eigenvalue weighted by Crippen LogP contribution is -2.25. The molecule has 1 unspecified atom stereocenters. The predicted molar refractivity (Wildman–Crippen MR) is 76.5 cm³/mol. The van der Waals surface area contributed by atoms with Crippen LogP contribution in [-0.4, -0.2) is 32.2 Å². The molecule has 1 aromatic carbocycles. The molecule has 2 N–H and O–H groups in total. The fraction of sp³-hybridized carbons (Fsp3) is 0.533. The first-order chi connectivity index (χ1) is 9.19. The van der Waals surface area contributed by atoms with Gasteiger partial charge in [-0.3, -0.25) is 4.79 Å². The lowest BCUT2D eigenvalue weighted by Gasteiger charge is -2.12. The lowest BCUT2D eigenvalue weighted by molar-refractivity contribution is 0.0951. The number of hydrogen-bond donors (Lipinski definition) is 2. The highest BCUT2D eigenvalue weighted by molar-refractivity contribution is 5.94. The van der Waals surface area contributed by atoms with Crippen LogP contribution in [0.25, 0.3) is 0 Å². The lowest BCUT2D eigenvalue weighted by atomic mass is 10.1. The summed E-state index contributed by atoms with van der Waals surface area (Å²) in [5.74, 6) is 0.490. The van der Waals surface area contributed by atoms with Crippen molar-refractivity contribution in [2.45, 2.75) is 25.8 Å². The summed E-state index contributed by atoms with van der Waals surface area (Å²) in [5, 5.41) is 6.32. The normalized spacial score (nSPS) is 15.9. The van der Waals surface area contributed by atoms with Crippen molar-refractivity contribution >= 4 is 11.6 Å². The van der Waals surface area contributed by atoms with Crippen LogP contribution in [0.15, 0.2) is 24.3 Å². The van der Waals surface area contributed by atoms with E-state index in [1.165, 1.54) is 0 Å². The van der Waals surface area contributed by atoms with E-state index < -0.39 is 0 Å². The highest BCUT2D eigenvalue weighted by Crippen LogP contribution is 2.19. The number of methoxy groups -OCH3 is 1. The van der Waals surface area contributed by atoms with Crippen LogP contribution >= 0.6 is 0 Å². The molecule has 19 heavy (non-hydrogen) atoms. The number of amides is 1. The van der Waals surface area contributed by atoms with Gasteiger partial charge in [0, 0.05) is 30.9 Å². The van der Waals surface area contributed by atoms with Gasteiger partial charge in [0.2, 0.25) is 0 Å². The van der Waals surface area contributed by atoms with Crippen LogP contribution in [0.4, 0.5) is 5.69 Å². The van der Waals surface area contributed by atoms with Crippen LogP contribution in [0.1, 0.15) is 30.1 Å². The van der Waals surface area contributed by atoms with Crippen molar-refractivity contribution in [2.75, 3.05) is 25.6 Å². The van der Waals surface area contributed by atoms with E-state index in [4.69, 9.17) is 4.74 Å². The topological polar surface area (TPSA) is 50.4 Å². The number of hydrogen-bond acceptors (Lipinski definition) is 3. The predicted octanol–water partition coefficient (Wildman–Crippen LogP) is 2.27. The average molecular weight is 262 g/mol. The van der Waals surface area contributed by atoms with Crippen LogP contribution in [-0.2, 0) is 4.74 Å². The van der Waals surface area contributed by atoms with Gasteiger partial charge in [-0.15, -0.1) is 0 Å². The fourth-order valence-electron chi connectivity index (χ4n) is 1.87. The van der Waals surface area contributed by atoms with Crippen molar-refractivity contribution < 1.29 is 9.53 Å². The van der Waals surface area contributed by atoms with E-state index in [1.54, 1.807) is 7.11 Å². The monoisotopic (exact) mass is 262 g/mol. The molecule has 0 bridgehead atoms. The summed E-state index contributed by atoms with van der Waals surface area (Å²) in [6.45, 7) is 3.74. The summed E-state index contributed by atoms with van der Waals surface area (Å²) in [4.78, 5) is 11.8. The highest BCUT2D eigenvalue weighted by Gasteiger charge is 2.23. The molecule has 1 amide bonds. The molecule has 1 fully saturated rings. The Labute approximate surface area is 114 Å². The number of ether oxygens (including phenoxy) is 1. The maximum Gasteiger partial charge on any atom is 0.251 e. The van der Waals surface area contributed by atoms with Crippen LogP contribution in [0.5, 0.6) is 0 Å². The number of rotatable bonds is 7. The largest absolute Gasteiger partial charge is 0.385 e. The first-order valence-electron chi connectivity index (χ1n) is 6.82. The van der Waals surface area contributed by atoms with Gasteiger partial charge in [0.15, 0.2) is 0 Å². The average Bonchev–Trinajstić information content (AvgIpc) is 3.21. The molecule has 1 saturated carbocycles. The summed E-state index contributed by atoms with van der Waals surface area (Å²) < 4.78 is 5.09. The SMILES string of the molecule is COCC(C)CNc1ccc(C(=O)NC2CC2)cc1. The molecule has 0 aromatic heterocycles. The summed E-state index contributed by atoms with van der Waals surface area (Å²) >= 11 is 0. The zero-order valence-electron chi connectivity index (χ0n) is 11.6. The van der Waals surface area contributed by atoms with E-state index >= 15 is 0 Å². The molecule has 0 radical (unpaired) electrons. The zero-order valence-corrected chi connectivity index (χ0v) is 11.6. The number of carbonyl (C=O) groups excluding carboxylic acids is 1. The molecule has 1 aromatic rings. The Morgan fingerprint density at radius 2 is 2.05 bits per heavy atom. The molecule has 4 nitrogen and oxygen atoms in total. The Morgan fingerprint density at radius 1 is 1.37 bits per heavy atom. The van der Waals surface area contributed by atoms with Crippen molar-refractivity contribution in [3.8, 4) is 0 Å². The highest BCUT2D eigenvalue weighted by atomic mass is 16.5. The first kappa shape index (κ1) is 13.9. The van der Waals surface area contributed by atoms with Gasteiger partial charge in [0.05, 0.1) is 6.61 Å². The van der Waals surface area contributed by atoms with Gasteiger partial charge in [-0.1, -0.05) is 6.92 Å². The zero-order chi connectivity index (χ0) is 13.7. The van der Waals surface area contributed by atoms with Crippen molar-refractivity contribution in [3.63, 3.8) is 0 Å². The van der Waals surface area contributed by atoms with Gasteiger partial charge in [0.25, 0.3) is 5.91 Å². The molecule has 0 saturated heterocycles. The van der Waals surface area contributed by atoms with E-state index in [9.17, 15) is 4.79 Å². The second-order valence-corrected chi connectivity index (χ2v) is 5.27. The van der Waals surface area contributed by atoms with Gasteiger partial charge in [0.1, 0.15) is 0 Å². The Bertz CT molecular complexity index is 413. The number of benzene rings is 1. The van der Waals surface area contributed by atoms with Gasteiger partial charge < -0.3 is 15.4 Å². The quantitative estimate of drug-likeness (QED) is 0.792. The van der Waals surface area contributed by atoms with Crippen molar-refractivity contribution in [3.05, 3.63) is 29.8 Å². The Hall–Kier alpha value is -1.55. The van der Waals surface area contributed by atoms with Gasteiger partial charge in [-0.25, -0.2) is 0 Å². The molecule has 1 aliphatic carbocycles. The molecule has 0 aliphatic heterocycles. The van der Waals surface area contributed by atoms with E-state index in [-0.39, 0.29) is 5.91 Å². The molecule has 1 aliphatic rings. The minimum Gasteiger partial charge on any atom is -0.385 e. The summed E-state index contributed by atoms with van der Waals surface area (Å²) in [5.41, 5.74) is 1.76. The van der Waals surface area contributed by atoms with Crippen LogP contribution in [0.2, 0.25) is 0 Å². The van der Waals surface area contributed by atoms with Crippen molar-refractivity contribution in [1.29, 1.82) is 0 Å². The van der Waals surface area contributed by atoms with Crippen molar-refractivity contribution in [1.82, 2.24) is 5.32 Å². The van der Waals surface area contributed by atoms with E-state index in [2.05, 4.69) is 17.6 Å². The molecule has 1 atom stereocenters. The summed E-state index contributed by atoms with van der Waals surface area (Å²) in [6.07, 6.45) is 2.23. The maximum absolute atomic E-state index is 11.8. The number of carbonyl (C=O) groups is 1. The number of anilines is 1. The molecular weight excluding hydrogens is 240 g/mol. The third kappa shape index (κ3) is 4.56. The van der Waals surface area contributed by atoms with E-state index in [0.29, 0.717) is 12.0 Å². The Balaban J connectivity index is 1.81. The second-order valence-electron chi connectivity index (χ2n) is 5.27. The fourth-order valence-corrected chi connectivity index (χ4v) is 1.87. The van der Waals surface area contributed by atoms with E-state index in [0.717, 1.165) is 37.2 Å². The molecule has 104 valence electrons. The Morgan fingerprint density at radius 3 is 2.63 bits per heavy atom. The van der Waals surface area contributed by atoms with Gasteiger partial charge in [-0.2, -0.15) is 0 Å². The number of nitrogens with one attached hydrogen (secondary N) is 2. The minimum absolute atomic E-state index is 0.0294. The summed E-state index contributed by atoms with van der Waals surface area (Å²) in [6, 6.07) is 8.02. The van der Waals surface area contributed by atoms with Crippen LogP contribution in [0, 0.1) is 5.92 Å². The molecule has 0 heterocycles. The van der Waals surface area contributed by atoms with Crippen LogP contribution in [0.3, 0.4) is 0 Å². The third-order valence-corrected chi connectivity index (χ3v) is 3.17. The molecule has 2 rings (SSSR count). The maximum atomic E-state index is 11.8. The van der Waals surface area contributed by atoms with Crippen molar-refractivity contribution in [2.24, 2.45) is 5.92 Å². The van der Waals surface area contributed by atoms with Gasteiger partial charge in [-0.05, 0) is 43.0 Å². The second kappa shape index (κ2) is 6.57. The first-order valence-corrected chi connectivity index (χ1v) is 6.82. The van der Waals surface area contributed by atoms with E-state index in [1.807, 2.05) is 24.3 Å². The molecule has 0 spiro atoms. The molecular formula is C15H22N2O2. The standard InChI is InChI=1S/C15H22N2O2/c1-11(10-19-2)9-16-13-5-3-12(4-6-13)15(18)17-14-7-8-14/h3-6,11,14,16H,7-10H2,1-2H3,(H,17,18). The minimum atomic E-state index is 0.0294. The molecule has 4 heteroatoms. The smallest absolute Gasteiger partial charge is 0.251 e. The summed E-state index contributed by atoms with van der Waals surface area (Å²) in [7, 11) is 1.71. The van der Waals surface area contributed by atoms with Gasteiger partial charge >= 0.3 is 0 Å². The van der Waals surface area contributed by atoms with Crippen LogP contribution < -0.4 is 10.6 Å².